The van der Waals surface area contributed by atoms with Crippen LogP contribution in [0.15, 0.2) is 5.16 Å². The van der Waals surface area contributed by atoms with Gasteiger partial charge in [-0.15, -0.1) is 0 Å². The van der Waals surface area contributed by atoms with Crippen molar-refractivity contribution in [1.82, 2.24) is 0 Å². The van der Waals surface area contributed by atoms with Crippen molar-refractivity contribution in [3.63, 3.8) is 0 Å². The van der Waals surface area contributed by atoms with Crippen LogP contribution in [0.4, 0.5) is 4.39 Å². The highest BCUT2D eigenvalue weighted by Crippen LogP contribution is 2.02. The first kappa shape index (κ1) is 5.34. The summed E-state index contributed by atoms with van der Waals surface area (Å²) < 4.78 is 16.5. The Morgan fingerprint density at radius 2 is 2.62 bits per heavy atom. The molecule has 0 radical (unpaired) electrons. The van der Waals surface area contributed by atoms with Crippen LogP contribution >= 0.6 is 0 Å². The molecule has 1 heterocycles. The lowest BCUT2D eigenvalue weighted by Crippen LogP contribution is -2.21. The fourth-order valence-electron chi connectivity index (χ4n) is 0.427. The molecule has 4 heteroatoms. The molecule has 0 bridgehead atoms. The number of rotatable bonds is 0. The first-order valence-electron chi connectivity index (χ1n) is 2.26. The number of hydrogen-bond acceptors (Lipinski definition) is 3. The van der Waals surface area contributed by atoms with E-state index in [1.807, 2.05) is 0 Å². The summed E-state index contributed by atoms with van der Waals surface area (Å²) in [7, 11) is 0. The van der Waals surface area contributed by atoms with E-state index in [9.17, 15) is 4.39 Å². The zero-order valence-electron chi connectivity index (χ0n) is 4.43. The van der Waals surface area contributed by atoms with Crippen LogP contribution in [0.2, 0.25) is 0 Å². The number of oxime groups is 1. The Bertz CT molecular complexity index is 115. The van der Waals surface area contributed by atoms with Crippen molar-refractivity contribution >= 4 is 5.90 Å². The van der Waals surface area contributed by atoms with E-state index in [1.54, 1.807) is 0 Å². The molecule has 1 aliphatic rings. The quantitative estimate of drug-likeness (QED) is 0.469. The van der Waals surface area contributed by atoms with Gasteiger partial charge in [-0.25, -0.2) is 0 Å². The molecule has 0 spiro atoms. The molecule has 0 aromatic rings. The fourth-order valence-corrected chi connectivity index (χ4v) is 0.427. The first-order chi connectivity index (χ1) is 3.79. The first-order valence-corrected chi connectivity index (χ1v) is 2.26. The molecule has 0 fully saturated rings. The minimum Gasteiger partial charge on any atom is -0.441 e. The van der Waals surface area contributed by atoms with E-state index < -0.39 is 6.36 Å². The lowest BCUT2D eigenvalue weighted by Gasteiger charge is -2.13. The van der Waals surface area contributed by atoms with Crippen molar-refractivity contribution in [2.45, 2.75) is 13.3 Å². The summed E-state index contributed by atoms with van der Waals surface area (Å²) in [6, 6.07) is 0. The fraction of sp³-hybridized carbons (Fsp3) is 0.750. The minimum atomic E-state index is -1.34. The third-order valence-electron chi connectivity index (χ3n) is 0.697. The van der Waals surface area contributed by atoms with Crippen LogP contribution in [0.3, 0.4) is 0 Å². The standard InChI is InChI=1S/C4H6FNO2/c1-3-6-7-2-4(5)8-3/h4H,2H2,1H3. The summed E-state index contributed by atoms with van der Waals surface area (Å²) in [5.41, 5.74) is 0. The third kappa shape index (κ3) is 1.08. The maximum atomic E-state index is 12.0. The van der Waals surface area contributed by atoms with Crippen LogP contribution in [-0.2, 0) is 9.57 Å². The molecule has 0 saturated carbocycles. The molecule has 3 nitrogen and oxygen atoms in total. The Balaban J connectivity index is 2.45. The zero-order valence-corrected chi connectivity index (χ0v) is 4.43. The summed E-state index contributed by atoms with van der Waals surface area (Å²) in [5.74, 6) is 0.240. The maximum absolute atomic E-state index is 12.0. The van der Waals surface area contributed by atoms with E-state index in [1.165, 1.54) is 6.92 Å². The maximum Gasteiger partial charge on any atom is 0.276 e. The summed E-state index contributed by atoms with van der Waals surface area (Å²) >= 11 is 0. The Kier molecular flexibility index (Phi) is 1.32. The van der Waals surface area contributed by atoms with Gasteiger partial charge in [-0.05, 0) is 0 Å². The van der Waals surface area contributed by atoms with Crippen molar-refractivity contribution in [2.75, 3.05) is 6.61 Å². The predicted octanol–water partition coefficient (Wildman–Crippen LogP) is 0.662. The SMILES string of the molecule is CC1=NOCC(F)O1. The van der Waals surface area contributed by atoms with E-state index >= 15 is 0 Å². The number of alkyl halides is 1. The molecular formula is C4H6FNO2. The van der Waals surface area contributed by atoms with E-state index in [4.69, 9.17) is 0 Å². The Hall–Kier alpha value is -0.800. The number of ether oxygens (including phenoxy) is 1. The molecule has 8 heavy (non-hydrogen) atoms. The summed E-state index contributed by atoms with van der Waals surface area (Å²) in [5, 5.41) is 3.33. The molecule has 1 atom stereocenters. The second-order valence-corrected chi connectivity index (χ2v) is 1.43. The van der Waals surface area contributed by atoms with Gasteiger partial charge in [0.1, 0.15) is 0 Å². The van der Waals surface area contributed by atoms with E-state index in [-0.39, 0.29) is 12.5 Å². The van der Waals surface area contributed by atoms with Gasteiger partial charge >= 0.3 is 0 Å². The van der Waals surface area contributed by atoms with Gasteiger partial charge in [0, 0.05) is 6.92 Å². The van der Waals surface area contributed by atoms with Crippen LogP contribution in [-0.4, -0.2) is 18.9 Å². The second kappa shape index (κ2) is 1.98. The molecule has 0 N–H and O–H groups in total. The zero-order chi connectivity index (χ0) is 5.98. The van der Waals surface area contributed by atoms with Gasteiger partial charge in [-0.1, -0.05) is 5.16 Å². The van der Waals surface area contributed by atoms with E-state index in [0.717, 1.165) is 0 Å². The van der Waals surface area contributed by atoms with Crippen molar-refractivity contribution in [3.8, 4) is 0 Å². The second-order valence-electron chi connectivity index (χ2n) is 1.43. The highest BCUT2D eigenvalue weighted by Gasteiger charge is 2.13. The Labute approximate surface area is 46.1 Å². The van der Waals surface area contributed by atoms with Gasteiger partial charge in [-0.3, -0.25) is 0 Å². The van der Waals surface area contributed by atoms with Crippen molar-refractivity contribution < 1.29 is 14.0 Å². The molecule has 0 aromatic carbocycles. The minimum absolute atomic E-state index is 0.0999. The van der Waals surface area contributed by atoms with Gasteiger partial charge in [0.15, 0.2) is 6.61 Å². The lowest BCUT2D eigenvalue weighted by molar-refractivity contribution is -0.0588. The summed E-state index contributed by atoms with van der Waals surface area (Å²) in [4.78, 5) is 4.38. The van der Waals surface area contributed by atoms with Crippen molar-refractivity contribution in [1.29, 1.82) is 0 Å². The van der Waals surface area contributed by atoms with E-state index in [0.29, 0.717) is 0 Å². The summed E-state index contributed by atoms with van der Waals surface area (Å²) in [6.45, 7) is 1.43. The van der Waals surface area contributed by atoms with Crippen LogP contribution in [0.5, 0.6) is 0 Å². The average Bonchev–Trinajstić information content (AvgIpc) is 1.64. The van der Waals surface area contributed by atoms with Crippen LogP contribution in [0, 0.1) is 0 Å². The number of halogens is 1. The van der Waals surface area contributed by atoms with Gasteiger partial charge in [0.05, 0.1) is 0 Å². The molecule has 0 aromatic heterocycles. The molecule has 1 aliphatic heterocycles. The third-order valence-corrected chi connectivity index (χ3v) is 0.697. The van der Waals surface area contributed by atoms with Gasteiger partial charge in [0.2, 0.25) is 5.90 Å². The largest absolute Gasteiger partial charge is 0.441 e. The predicted molar refractivity (Wildman–Crippen MR) is 25.0 cm³/mol. The van der Waals surface area contributed by atoms with Crippen LogP contribution < -0.4 is 0 Å². The topological polar surface area (TPSA) is 30.8 Å². The van der Waals surface area contributed by atoms with Crippen molar-refractivity contribution in [2.24, 2.45) is 5.16 Å². The van der Waals surface area contributed by atoms with Crippen LogP contribution in [0.1, 0.15) is 6.92 Å². The normalized spacial score (nSPS) is 27.8. The van der Waals surface area contributed by atoms with Crippen molar-refractivity contribution in [3.05, 3.63) is 0 Å². The van der Waals surface area contributed by atoms with Gasteiger partial charge in [-0.2, -0.15) is 4.39 Å². The lowest BCUT2D eigenvalue weighted by atomic mass is 10.7. The molecule has 0 aliphatic carbocycles. The smallest absolute Gasteiger partial charge is 0.276 e. The molecule has 1 unspecified atom stereocenters. The van der Waals surface area contributed by atoms with E-state index in [2.05, 4.69) is 14.7 Å². The Morgan fingerprint density at radius 1 is 1.88 bits per heavy atom. The average molecular weight is 119 g/mol. The monoisotopic (exact) mass is 119 g/mol. The highest BCUT2D eigenvalue weighted by molar-refractivity contribution is 5.72. The molecule has 46 valence electrons. The van der Waals surface area contributed by atoms with Gasteiger partial charge < -0.3 is 9.57 Å². The number of nitrogens with zero attached hydrogens (tertiary/aromatic N) is 1. The molecule has 0 saturated heterocycles. The molecular weight excluding hydrogens is 113 g/mol. The summed E-state index contributed by atoms with van der Waals surface area (Å²) in [6.07, 6.45) is -1.34. The Morgan fingerprint density at radius 3 is 3.00 bits per heavy atom. The van der Waals surface area contributed by atoms with Crippen LogP contribution in [0.25, 0.3) is 0 Å². The number of hydrogen-bond donors (Lipinski definition) is 0. The molecule has 1 rings (SSSR count). The molecule has 0 amide bonds. The highest BCUT2D eigenvalue weighted by atomic mass is 19.1. The van der Waals surface area contributed by atoms with Gasteiger partial charge in [0.25, 0.3) is 6.36 Å².